The zero-order valence-electron chi connectivity index (χ0n) is 17.3. The van der Waals surface area contributed by atoms with Gasteiger partial charge in [0.15, 0.2) is 0 Å². The molecule has 2 aliphatic rings. The molecule has 0 unspecified atom stereocenters. The molecule has 2 heterocycles. The quantitative estimate of drug-likeness (QED) is 0.744. The minimum atomic E-state index is -0.403. The van der Waals surface area contributed by atoms with Crippen LogP contribution in [0.25, 0.3) is 0 Å². The molecule has 31 heavy (non-hydrogen) atoms. The van der Waals surface area contributed by atoms with E-state index in [1.165, 1.54) is 0 Å². The molecule has 0 radical (unpaired) electrons. The highest BCUT2D eigenvalue weighted by atomic mass is 16.5. The van der Waals surface area contributed by atoms with Gasteiger partial charge in [-0.25, -0.2) is 4.79 Å². The third-order valence-electron chi connectivity index (χ3n) is 5.07. The van der Waals surface area contributed by atoms with Gasteiger partial charge in [0.1, 0.15) is 5.75 Å². The molecule has 0 bridgehead atoms. The normalized spacial score (nSPS) is 15.5. The van der Waals surface area contributed by atoms with Crippen LogP contribution in [0.4, 0.5) is 4.79 Å². The van der Waals surface area contributed by atoms with Gasteiger partial charge in [0.25, 0.3) is 5.91 Å². The summed E-state index contributed by atoms with van der Waals surface area (Å²) in [6.45, 7) is 1.83. The number of amidine groups is 1. The van der Waals surface area contributed by atoms with Gasteiger partial charge < -0.3 is 19.7 Å². The Labute approximate surface area is 180 Å². The first-order valence-corrected chi connectivity index (χ1v) is 10.1. The highest BCUT2D eigenvalue weighted by Gasteiger charge is 2.31. The minimum absolute atomic E-state index is 0.131. The lowest BCUT2D eigenvalue weighted by Crippen LogP contribution is -2.32. The van der Waals surface area contributed by atoms with Crippen molar-refractivity contribution >= 4 is 18.0 Å². The SMILES string of the molecule is COc1cccc(CN2CCN3C=C(C(=O)NCCc4ccccc4)OC3=NC2=O)c1. The summed E-state index contributed by atoms with van der Waals surface area (Å²) in [5.74, 6) is 0.550. The third-order valence-corrected chi connectivity index (χ3v) is 5.07. The van der Waals surface area contributed by atoms with Crippen molar-refractivity contribution in [3.63, 3.8) is 0 Å². The summed E-state index contributed by atoms with van der Waals surface area (Å²) >= 11 is 0. The number of benzene rings is 2. The van der Waals surface area contributed by atoms with Gasteiger partial charge in [0.2, 0.25) is 5.76 Å². The molecule has 3 amide bonds. The monoisotopic (exact) mass is 420 g/mol. The molecule has 0 atom stereocenters. The van der Waals surface area contributed by atoms with Crippen LogP contribution in [0.15, 0.2) is 71.5 Å². The van der Waals surface area contributed by atoms with E-state index in [4.69, 9.17) is 9.47 Å². The Morgan fingerprint density at radius 3 is 2.74 bits per heavy atom. The Morgan fingerprint density at radius 2 is 1.94 bits per heavy atom. The summed E-state index contributed by atoms with van der Waals surface area (Å²) in [5.41, 5.74) is 2.09. The lowest BCUT2D eigenvalue weighted by Gasteiger charge is -2.19. The number of rotatable bonds is 7. The predicted octanol–water partition coefficient (Wildman–Crippen LogP) is 2.52. The highest BCUT2D eigenvalue weighted by molar-refractivity contribution is 5.99. The van der Waals surface area contributed by atoms with Crippen LogP contribution in [0.1, 0.15) is 11.1 Å². The number of amides is 3. The summed E-state index contributed by atoms with van der Waals surface area (Å²) in [7, 11) is 1.61. The van der Waals surface area contributed by atoms with E-state index in [-0.39, 0.29) is 17.7 Å². The van der Waals surface area contributed by atoms with E-state index in [9.17, 15) is 9.59 Å². The van der Waals surface area contributed by atoms with Crippen molar-refractivity contribution in [2.75, 3.05) is 26.7 Å². The van der Waals surface area contributed by atoms with E-state index in [1.807, 2.05) is 54.6 Å². The summed E-state index contributed by atoms with van der Waals surface area (Å²) in [5, 5.41) is 2.84. The average molecular weight is 420 g/mol. The van der Waals surface area contributed by atoms with Crippen molar-refractivity contribution < 1.29 is 19.1 Å². The first-order valence-electron chi connectivity index (χ1n) is 10.1. The zero-order chi connectivity index (χ0) is 21.6. The maximum Gasteiger partial charge on any atom is 0.348 e. The maximum absolute atomic E-state index is 12.6. The zero-order valence-corrected chi connectivity index (χ0v) is 17.3. The lowest BCUT2D eigenvalue weighted by molar-refractivity contribution is -0.119. The summed E-state index contributed by atoms with van der Waals surface area (Å²) in [4.78, 5) is 32.4. The molecule has 160 valence electrons. The molecule has 0 saturated heterocycles. The van der Waals surface area contributed by atoms with Gasteiger partial charge in [-0.3, -0.25) is 9.69 Å². The van der Waals surface area contributed by atoms with Gasteiger partial charge >= 0.3 is 12.1 Å². The fourth-order valence-electron chi connectivity index (χ4n) is 3.40. The molecule has 4 rings (SSSR count). The van der Waals surface area contributed by atoms with Gasteiger partial charge in [-0.1, -0.05) is 42.5 Å². The topological polar surface area (TPSA) is 83.5 Å². The van der Waals surface area contributed by atoms with E-state index in [0.717, 1.165) is 23.3 Å². The van der Waals surface area contributed by atoms with E-state index in [2.05, 4.69) is 10.3 Å². The number of hydrogen-bond donors (Lipinski definition) is 1. The fraction of sp³-hybridized carbons (Fsp3) is 0.261. The number of ether oxygens (including phenoxy) is 2. The Bertz CT molecular complexity index is 1020. The second kappa shape index (κ2) is 9.34. The molecular formula is C23H24N4O4. The molecule has 2 aromatic carbocycles. The number of urea groups is 1. The molecule has 1 N–H and O–H groups in total. The van der Waals surface area contributed by atoms with Crippen LogP contribution in [0.2, 0.25) is 0 Å². The first-order chi connectivity index (χ1) is 15.1. The van der Waals surface area contributed by atoms with Crippen LogP contribution in [-0.2, 0) is 22.5 Å². The number of carbonyl (C=O) groups excluding carboxylic acids is 2. The molecule has 0 aromatic heterocycles. The number of methoxy groups -OCH3 is 1. The second-order valence-electron chi connectivity index (χ2n) is 7.23. The molecule has 8 nitrogen and oxygen atoms in total. The number of aliphatic imine (C=N–C) groups is 1. The summed E-state index contributed by atoms with van der Waals surface area (Å²) in [6.07, 6.45) is 2.32. The Balaban J connectivity index is 1.33. The van der Waals surface area contributed by atoms with Crippen molar-refractivity contribution in [1.29, 1.82) is 0 Å². The van der Waals surface area contributed by atoms with Gasteiger partial charge in [0.05, 0.1) is 13.3 Å². The molecule has 2 aromatic rings. The van der Waals surface area contributed by atoms with Crippen molar-refractivity contribution in [1.82, 2.24) is 15.1 Å². The van der Waals surface area contributed by atoms with E-state index >= 15 is 0 Å². The number of hydrogen-bond acceptors (Lipinski definition) is 5. The number of carbonyl (C=O) groups is 2. The van der Waals surface area contributed by atoms with Crippen LogP contribution in [0, 0.1) is 0 Å². The molecule has 0 spiro atoms. The standard InChI is InChI=1S/C23H24N4O4/c1-30-19-9-5-8-18(14-19)15-26-12-13-27-16-20(31-23(27)25-22(26)29)21(28)24-11-10-17-6-3-2-4-7-17/h2-9,14,16H,10-13,15H2,1H3,(H,24,28). The first kappa shape index (κ1) is 20.5. The lowest BCUT2D eigenvalue weighted by atomic mass is 10.1. The van der Waals surface area contributed by atoms with Crippen LogP contribution in [0.3, 0.4) is 0 Å². The van der Waals surface area contributed by atoms with Crippen LogP contribution in [0.5, 0.6) is 5.75 Å². The van der Waals surface area contributed by atoms with E-state index in [0.29, 0.717) is 26.2 Å². The molecule has 2 aliphatic heterocycles. The largest absolute Gasteiger partial charge is 0.497 e. The van der Waals surface area contributed by atoms with Crippen LogP contribution < -0.4 is 10.1 Å². The number of fused-ring (bicyclic) bond motifs is 1. The molecule has 8 heteroatoms. The predicted molar refractivity (Wildman–Crippen MR) is 115 cm³/mol. The van der Waals surface area contributed by atoms with Gasteiger partial charge in [-0.05, 0) is 29.7 Å². The fourth-order valence-corrected chi connectivity index (χ4v) is 3.40. The molecule has 0 fully saturated rings. The number of nitrogens with zero attached hydrogens (tertiary/aromatic N) is 3. The smallest absolute Gasteiger partial charge is 0.348 e. The summed E-state index contributed by atoms with van der Waals surface area (Å²) in [6, 6.07) is 17.2. The third kappa shape index (κ3) is 5.03. The van der Waals surface area contributed by atoms with Crippen molar-refractivity contribution in [3.8, 4) is 5.75 Å². The number of nitrogens with one attached hydrogen (secondary N) is 1. The average Bonchev–Trinajstić information content (AvgIpc) is 3.13. The van der Waals surface area contributed by atoms with Crippen molar-refractivity contribution in [3.05, 3.63) is 77.7 Å². The highest BCUT2D eigenvalue weighted by Crippen LogP contribution is 2.20. The van der Waals surface area contributed by atoms with Gasteiger partial charge in [0, 0.05) is 26.2 Å². The molecule has 0 saturated carbocycles. The van der Waals surface area contributed by atoms with E-state index in [1.54, 1.807) is 23.1 Å². The van der Waals surface area contributed by atoms with Crippen LogP contribution >= 0.6 is 0 Å². The Morgan fingerprint density at radius 1 is 1.13 bits per heavy atom. The van der Waals surface area contributed by atoms with Crippen LogP contribution in [-0.4, -0.2) is 54.5 Å². The maximum atomic E-state index is 12.6. The van der Waals surface area contributed by atoms with E-state index < -0.39 is 6.03 Å². The summed E-state index contributed by atoms with van der Waals surface area (Å²) < 4.78 is 10.8. The minimum Gasteiger partial charge on any atom is -0.497 e. The Hall–Kier alpha value is -3.81. The second-order valence-corrected chi connectivity index (χ2v) is 7.23. The van der Waals surface area contributed by atoms with Crippen molar-refractivity contribution in [2.45, 2.75) is 13.0 Å². The van der Waals surface area contributed by atoms with Crippen molar-refractivity contribution in [2.24, 2.45) is 4.99 Å². The van der Waals surface area contributed by atoms with Gasteiger partial charge in [-0.15, -0.1) is 4.99 Å². The van der Waals surface area contributed by atoms with Gasteiger partial charge in [-0.2, -0.15) is 0 Å². The Kier molecular flexibility index (Phi) is 6.16. The molecular weight excluding hydrogens is 396 g/mol. The molecule has 0 aliphatic carbocycles.